The van der Waals surface area contributed by atoms with Gasteiger partial charge in [-0.15, -0.1) is 0 Å². The van der Waals surface area contributed by atoms with Crippen LogP contribution in [0, 0.1) is 17.8 Å². The topological polar surface area (TPSA) is 50.9 Å². The van der Waals surface area contributed by atoms with Crippen molar-refractivity contribution < 1.29 is 5.11 Å². The first kappa shape index (κ1) is 13.5. The Morgan fingerprint density at radius 1 is 1.44 bits per heavy atom. The number of hydrogen-bond acceptors (Lipinski definition) is 3. The zero-order valence-corrected chi connectivity index (χ0v) is 11.7. The van der Waals surface area contributed by atoms with E-state index in [0.29, 0.717) is 18.3 Å². The fourth-order valence-electron chi connectivity index (χ4n) is 2.90. The number of rotatable bonds is 5. The molecule has 3 unspecified atom stereocenters. The van der Waals surface area contributed by atoms with Gasteiger partial charge < -0.3 is 5.11 Å². The number of aromatic nitrogens is 3. The molecule has 0 bridgehead atoms. The van der Waals surface area contributed by atoms with Crippen LogP contribution in [-0.2, 0) is 13.0 Å². The van der Waals surface area contributed by atoms with Gasteiger partial charge in [-0.05, 0) is 30.6 Å². The van der Waals surface area contributed by atoms with E-state index in [1.54, 1.807) is 6.33 Å². The summed E-state index contributed by atoms with van der Waals surface area (Å²) in [5, 5.41) is 14.6. The van der Waals surface area contributed by atoms with Crippen LogP contribution in [-0.4, -0.2) is 26.0 Å². The second-order valence-electron chi connectivity index (χ2n) is 6.20. The molecule has 0 amide bonds. The minimum Gasteiger partial charge on any atom is -0.392 e. The largest absolute Gasteiger partial charge is 0.392 e. The van der Waals surface area contributed by atoms with E-state index in [1.807, 2.05) is 4.68 Å². The van der Waals surface area contributed by atoms with E-state index in [2.05, 4.69) is 30.9 Å². The molecule has 1 aromatic heterocycles. The highest BCUT2D eigenvalue weighted by Crippen LogP contribution is 2.33. The molecule has 0 radical (unpaired) electrons. The Kier molecular flexibility index (Phi) is 4.38. The number of aliphatic hydroxyl groups is 1. The fraction of sp³-hybridized carbons (Fsp3) is 0.857. The van der Waals surface area contributed by atoms with Crippen LogP contribution in [0.2, 0.25) is 0 Å². The quantitative estimate of drug-likeness (QED) is 0.873. The van der Waals surface area contributed by atoms with Crippen LogP contribution in [0.5, 0.6) is 0 Å². The van der Waals surface area contributed by atoms with Gasteiger partial charge in [-0.2, -0.15) is 5.10 Å². The Bertz CT molecular complexity index is 375. The minimum atomic E-state index is -0.259. The molecule has 2 rings (SSSR count). The van der Waals surface area contributed by atoms with Crippen LogP contribution in [0.1, 0.15) is 45.9 Å². The molecule has 1 heterocycles. The van der Waals surface area contributed by atoms with Gasteiger partial charge in [0.1, 0.15) is 12.2 Å². The lowest BCUT2D eigenvalue weighted by Crippen LogP contribution is -2.23. The summed E-state index contributed by atoms with van der Waals surface area (Å²) in [4.78, 5) is 4.29. The second kappa shape index (κ2) is 5.83. The summed E-state index contributed by atoms with van der Waals surface area (Å²) in [6, 6.07) is 0. The van der Waals surface area contributed by atoms with Gasteiger partial charge in [0, 0.05) is 13.0 Å². The van der Waals surface area contributed by atoms with E-state index in [9.17, 15) is 5.11 Å². The average molecular weight is 251 g/mol. The molecule has 0 aromatic carbocycles. The van der Waals surface area contributed by atoms with Gasteiger partial charge in [-0.1, -0.05) is 27.2 Å². The average Bonchev–Trinajstić information content (AvgIpc) is 2.88. The molecule has 4 heteroatoms. The van der Waals surface area contributed by atoms with E-state index >= 15 is 0 Å². The van der Waals surface area contributed by atoms with Crippen LogP contribution in [0.4, 0.5) is 0 Å². The van der Waals surface area contributed by atoms with Crippen molar-refractivity contribution in [3.05, 3.63) is 12.2 Å². The molecule has 1 saturated carbocycles. The predicted molar refractivity (Wildman–Crippen MR) is 71.1 cm³/mol. The molecule has 1 aliphatic rings. The first-order valence-electron chi connectivity index (χ1n) is 7.11. The summed E-state index contributed by atoms with van der Waals surface area (Å²) in [5.74, 6) is 2.69. The zero-order valence-electron chi connectivity index (χ0n) is 11.7. The number of hydrogen-bond donors (Lipinski definition) is 1. The minimum absolute atomic E-state index is 0.259. The summed E-state index contributed by atoms with van der Waals surface area (Å²) >= 11 is 0. The molecule has 4 nitrogen and oxygen atoms in total. The van der Waals surface area contributed by atoms with Crippen molar-refractivity contribution in [3.8, 4) is 0 Å². The Labute approximate surface area is 109 Å². The lowest BCUT2D eigenvalue weighted by atomic mass is 9.97. The zero-order chi connectivity index (χ0) is 13.1. The standard InChI is InChI=1S/C14H25N3O/c1-10(2)8-17-14(15-9-16-17)7-13(18)12-5-4-11(3)6-12/h9-13,18H,4-8H2,1-3H3. The highest BCUT2D eigenvalue weighted by molar-refractivity contribution is 4.91. The van der Waals surface area contributed by atoms with Gasteiger partial charge in [0.15, 0.2) is 0 Å². The van der Waals surface area contributed by atoms with Crippen molar-refractivity contribution in [3.63, 3.8) is 0 Å². The number of aliphatic hydroxyl groups excluding tert-OH is 1. The van der Waals surface area contributed by atoms with Gasteiger partial charge in [-0.3, -0.25) is 0 Å². The Balaban J connectivity index is 1.94. The summed E-state index contributed by atoms with van der Waals surface area (Å²) in [6.07, 6.45) is 5.54. The van der Waals surface area contributed by atoms with Crippen LogP contribution < -0.4 is 0 Å². The van der Waals surface area contributed by atoms with E-state index < -0.39 is 0 Å². The SMILES string of the molecule is CC(C)Cn1ncnc1CC(O)C1CCC(C)C1. The Morgan fingerprint density at radius 3 is 2.83 bits per heavy atom. The lowest BCUT2D eigenvalue weighted by Gasteiger charge is -2.18. The predicted octanol–water partition coefficient (Wildman–Crippen LogP) is 2.27. The molecular formula is C14H25N3O. The maximum Gasteiger partial charge on any atom is 0.138 e. The van der Waals surface area contributed by atoms with Gasteiger partial charge in [-0.25, -0.2) is 9.67 Å². The molecule has 1 aromatic rings. The molecule has 18 heavy (non-hydrogen) atoms. The van der Waals surface area contributed by atoms with Crippen molar-refractivity contribution in [1.29, 1.82) is 0 Å². The molecule has 0 spiro atoms. The van der Waals surface area contributed by atoms with E-state index in [-0.39, 0.29) is 6.10 Å². The highest BCUT2D eigenvalue weighted by atomic mass is 16.3. The Morgan fingerprint density at radius 2 is 2.22 bits per heavy atom. The van der Waals surface area contributed by atoms with Crippen molar-refractivity contribution in [2.24, 2.45) is 17.8 Å². The van der Waals surface area contributed by atoms with E-state index in [0.717, 1.165) is 31.1 Å². The van der Waals surface area contributed by atoms with E-state index in [1.165, 1.54) is 6.42 Å². The van der Waals surface area contributed by atoms with E-state index in [4.69, 9.17) is 0 Å². The fourth-order valence-corrected chi connectivity index (χ4v) is 2.90. The molecule has 1 aliphatic carbocycles. The van der Waals surface area contributed by atoms with Gasteiger partial charge >= 0.3 is 0 Å². The molecule has 102 valence electrons. The molecular weight excluding hydrogens is 226 g/mol. The maximum absolute atomic E-state index is 10.3. The third-order valence-corrected chi connectivity index (χ3v) is 3.91. The van der Waals surface area contributed by atoms with Crippen LogP contribution in [0.15, 0.2) is 6.33 Å². The number of nitrogens with zero attached hydrogens (tertiary/aromatic N) is 3. The summed E-state index contributed by atoms with van der Waals surface area (Å²) in [6.45, 7) is 7.48. The normalized spacial score (nSPS) is 25.8. The monoisotopic (exact) mass is 251 g/mol. The molecule has 1 N–H and O–H groups in total. The van der Waals surface area contributed by atoms with Gasteiger partial charge in [0.05, 0.1) is 6.10 Å². The molecule has 1 fully saturated rings. The first-order valence-corrected chi connectivity index (χ1v) is 7.11. The van der Waals surface area contributed by atoms with Crippen LogP contribution in [0.25, 0.3) is 0 Å². The molecule has 3 atom stereocenters. The highest BCUT2D eigenvalue weighted by Gasteiger charge is 2.28. The second-order valence-corrected chi connectivity index (χ2v) is 6.20. The third-order valence-electron chi connectivity index (χ3n) is 3.91. The first-order chi connectivity index (χ1) is 8.56. The van der Waals surface area contributed by atoms with Crippen LogP contribution >= 0.6 is 0 Å². The lowest BCUT2D eigenvalue weighted by molar-refractivity contribution is 0.105. The van der Waals surface area contributed by atoms with Gasteiger partial charge in [0.2, 0.25) is 0 Å². The van der Waals surface area contributed by atoms with Crippen LogP contribution in [0.3, 0.4) is 0 Å². The van der Waals surface area contributed by atoms with Crippen molar-refractivity contribution in [1.82, 2.24) is 14.8 Å². The maximum atomic E-state index is 10.3. The Hall–Kier alpha value is -0.900. The van der Waals surface area contributed by atoms with Crippen molar-refractivity contribution in [2.75, 3.05) is 0 Å². The van der Waals surface area contributed by atoms with Gasteiger partial charge in [0.25, 0.3) is 0 Å². The third kappa shape index (κ3) is 3.31. The summed E-state index contributed by atoms with van der Waals surface area (Å²) < 4.78 is 1.94. The molecule has 0 aliphatic heterocycles. The summed E-state index contributed by atoms with van der Waals surface area (Å²) in [5.41, 5.74) is 0. The summed E-state index contributed by atoms with van der Waals surface area (Å²) in [7, 11) is 0. The van der Waals surface area contributed by atoms with Crippen molar-refractivity contribution >= 4 is 0 Å². The molecule has 0 saturated heterocycles. The smallest absolute Gasteiger partial charge is 0.138 e. The van der Waals surface area contributed by atoms with Crippen molar-refractivity contribution in [2.45, 2.75) is 59.1 Å².